The Morgan fingerprint density at radius 2 is 2.00 bits per heavy atom. The van der Waals surface area contributed by atoms with Gasteiger partial charge in [0.1, 0.15) is 5.54 Å². The van der Waals surface area contributed by atoms with Gasteiger partial charge < -0.3 is 4.90 Å². The molecular weight excluding hydrogens is 210 g/mol. The lowest BCUT2D eigenvalue weighted by Gasteiger charge is -2.27. The van der Waals surface area contributed by atoms with Gasteiger partial charge in [0.15, 0.2) is 0 Å². The van der Waals surface area contributed by atoms with Crippen LogP contribution < -0.4 is 5.32 Å². The van der Waals surface area contributed by atoms with Crippen LogP contribution in [0.15, 0.2) is 0 Å². The van der Waals surface area contributed by atoms with Gasteiger partial charge in [-0.05, 0) is 59.7 Å². The number of hydrogen-bond acceptors (Lipinski definition) is 3. The Morgan fingerprint density at radius 1 is 1.35 bits per heavy atom. The summed E-state index contributed by atoms with van der Waals surface area (Å²) >= 11 is 0. The van der Waals surface area contributed by atoms with Gasteiger partial charge >= 0.3 is 0 Å². The van der Waals surface area contributed by atoms with E-state index in [4.69, 9.17) is 0 Å². The van der Waals surface area contributed by atoms with Crippen LogP contribution in [0.5, 0.6) is 0 Å². The Bertz CT molecular complexity index is 232. The van der Waals surface area contributed by atoms with Crippen LogP contribution in [-0.4, -0.2) is 36.1 Å². The van der Waals surface area contributed by atoms with Gasteiger partial charge in [0.25, 0.3) is 0 Å². The minimum Gasteiger partial charge on any atom is -0.301 e. The largest absolute Gasteiger partial charge is 0.301 e. The Kier molecular flexibility index (Phi) is 8.20. The summed E-state index contributed by atoms with van der Waals surface area (Å²) in [6.45, 7) is 13.9. The first-order chi connectivity index (χ1) is 7.99. The quantitative estimate of drug-likeness (QED) is 0.672. The highest BCUT2D eigenvalue weighted by Crippen LogP contribution is 2.12. The topological polar surface area (TPSA) is 39.1 Å². The third-order valence-electron chi connectivity index (χ3n) is 3.27. The maximum atomic E-state index is 9.22. The highest BCUT2D eigenvalue weighted by molar-refractivity contribution is 5.03. The number of nitrogens with zero attached hydrogens (tertiary/aromatic N) is 2. The lowest BCUT2D eigenvalue weighted by Crippen LogP contribution is -2.42. The minimum atomic E-state index is -0.355. The van der Waals surface area contributed by atoms with E-state index in [9.17, 15) is 5.26 Å². The lowest BCUT2D eigenvalue weighted by atomic mass is 9.97. The van der Waals surface area contributed by atoms with Crippen molar-refractivity contribution in [3.05, 3.63) is 0 Å². The van der Waals surface area contributed by atoms with Crippen LogP contribution in [0.1, 0.15) is 53.9 Å². The van der Waals surface area contributed by atoms with Crippen molar-refractivity contribution < 1.29 is 0 Å². The predicted molar refractivity (Wildman–Crippen MR) is 73.9 cm³/mol. The second kappa shape index (κ2) is 8.49. The normalized spacial score (nSPS) is 14.9. The summed E-state index contributed by atoms with van der Waals surface area (Å²) in [7, 11) is 0. The summed E-state index contributed by atoms with van der Waals surface area (Å²) in [5.74, 6) is 0. The molecule has 0 fully saturated rings. The summed E-state index contributed by atoms with van der Waals surface area (Å²) in [6.07, 6.45) is 3.07. The molecule has 0 saturated heterocycles. The third kappa shape index (κ3) is 6.65. The molecule has 1 atom stereocenters. The molecule has 0 amide bonds. The van der Waals surface area contributed by atoms with E-state index in [0.717, 1.165) is 38.9 Å². The Morgan fingerprint density at radius 3 is 2.41 bits per heavy atom. The zero-order valence-corrected chi connectivity index (χ0v) is 12.2. The van der Waals surface area contributed by atoms with Crippen molar-refractivity contribution in [2.45, 2.75) is 65.5 Å². The second-order valence-corrected chi connectivity index (χ2v) is 5.20. The molecule has 1 N–H and O–H groups in total. The molecule has 0 bridgehead atoms. The number of nitrogens with one attached hydrogen (secondary N) is 1. The van der Waals surface area contributed by atoms with Crippen LogP contribution in [0, 0.1) is 11.3 Å². The van der Waals surface area contributed by atoms with Crippen molar-refractivity contribution >= 4 is 0 Å². The molecule has 0 spiro atoms. The molecule has 0 aliphatic carbocycles. The monoisotopic (exact) mass is 239 g/mol. The molecule has 0 heterocycles. The summed E-state index contributed by atoms with van der Waals surface area (Å²) in [5.41, 5.74) is -0.355. The average Bonchev–Trinajstić information content (AvgIpc) is 2.31. The van der Waals surface area contributed by atoms with Gasteiger partial charge in [0.05, 0.1) is 6.07 Å². The van der Waals surface area contributed by atoms with Gasteiger partial charge in [0.2, 0.25) is 0 Å². The number of rotatable bonds is 9. The zero-order valence-electron chi connectivity index (χ0n) is 12.2. The van der Waals surface area contributed by atoms with E-state index in [-0.39, 0.29) is 5.54 Å². The predicted octanol–water partition coefficient (Wildman–Crippen LogP) is 2.78. The molecule has 0 aliphatic heterocycles. The van der Waals surface area contributed by atoms with E-state index in [1.165, 1.54) is 0 Å². The fraction of sp³-hybridized carbons (Fsp3) is 0.929. The van der Waals surface area contributed by atoms with Crippen molar-refractivity contribution in [2.75, 3.05) is 19.6 Å². The summed E-state index contributed by atoms with van der Waals surface area (Å²) in [4.78, 5) is 2.44. The Labute approximate surface area is 107 Å². The molecule has 100 valence electrons. The minimum absolute atomic E-state index is 0.355. The van der Waals surface area contributed by atoms with Crippen LogP contribution in [0.3, 0.4) is 0 Å². The molecular formula is C14H29N3. The van der Waals surface area contributed by atoms with Gasteiger partial charge in [-0.15, -0.1) is 0 Å². The Balaban J connectivity index is 4.03. The van der Waals surface area contributed by atoms with Gasteiger partial charge in [-0.2, -0.15) is 5.26 Å². The SMILES string of the molecule is CCCNC(C)(C#N)CCCN(CC)C(C)C. The van der Waals surface area contributed by atoms with E-state index >= 15 is 0 Å². The van der Waals surface area contributed by atoms with E-state index in [1.807, 2.05) is 6.92 Å². The molecule has 0 rings (SSSR count). The summed E-state index contributed by atoms with van der Waals surface area (Å²) in [6, 6.07) is 3.00. The van der Waals surface area contributed by atoms with E-state index in [1.54, 1.807) is 0 Å². The molecule has 0 aromatic rings. The van der Waals surface area contributed by atoms with Crippen molar-refractivity contribution in [3.8, 4) is 6.07 Å². The van der Waals surface area contributed by atoms with Crippen molar-refractivity contribution in [2.24, 2.45) is 0 Å². The molecule has 17 heavy (non-hydrogen) atoms. The van der Waals surface area contributed by atoms with Gasteiger partial charge in [-0.1, -0.05) is 13.8 Å². The molecule has 0 saturated carbocycles. The third-order valence-corrected chi connectivity index (χ3v) is 3.27. The van der Waals surface area contributed by atoms with E-state index in [0.29, 0.717) is 6.04 Å². The molecule has 0 aliphatic rings. The van der Waals surface area contributed by atoms with Crippen LogP contribution in [0.2, 0.25) is 0 Å². The van der Waals surface area contributed by atoms with E-state index in [2.05, 4.69) is 44.0 Å². The molecule has 0 aromatic carbocycles. The highest BCUT2D eigenvalue weighted by Gasteiger charge is 2.22. The van der Waals surface area contributed by atoms with Crippen molar-refractivity contribution in [3.63, 3.8) is 0 Å². The maximum Gasteiger partial charge on any atom is 0.103 e. The standard InChI is InChI=1S/C14H29N3/c1-6-10-16-14(5,12-15)9-8-11-17(7-2)13(3)4/h13,16H,6-11H2,1-5H3. The first kappa shape index (κ1) is 16.4. The fourth-order valence-electron chi connectivity index (χ4n) is 2.00. The molecule has 3 nitrogen and oxygen atoms in total. The molecule has 1 unspecified atom stereocenters. The van der Waals surface area contributed by atoms with E-state index < -0.39 is 0 Å². The number of hydrogen-bond donors (Lipinski definition) is 1. The van der Waals surface area contributed by atoms with Gasteiger partial charge in [0, 0.05) is 6.04 Å². The van der Waals surface area contributed by atoms with Crippen molar-refractivity contribution in [1.82, 2.24) is 10.2 Å². The number of nitriles is 1. The van der Waals surface area contributed by atoms with Gasteiger partial charge in [-0.3, -0.25) is 5.32 Å². The van der Waals surface area contributed by atoms with Crippen LogP contribution in [0.4, 0.5) is 0 Å². The maximum absolute atomic E-state index is 9.22. The highest BCUT2D eigenvalue weighted by atomic mass is 15.1. The fourth-order valence-corrected chi connectivity index (χ4v) is 2.00. The summed E-state index contributed by atoms with van der Waals surface area (Å²) < 4.78 is 0. The first-order valence-corrected chi connectivity index (χ1v) is 6.89. The lowest BCUT2D eigenvalue weighted by molar-refractivity contribution is 0.221. The smallest absolute Gasteiger partial charge is 0.103 e. The summed E-state index contributed by atoms with van der Waals surface area (Å²) in [5, 5.41) is 12.6. The molecule has 3 heteroatoms. The van der Waals surface area contributed by atoms with Crippen molar-refractivity contribution in [1.29, 1.82) is 5.26 Å². The average molecular weight is 239 g/mol. The zero-order chi connectivity index (χ0) is 13.3. The van der Waals surface area contributed by atoms with Crippen LogP contribution in [0.25, 0.3) is 0 Å². The second-order valence-electron chi connectivity index (χ2n) is 5.20. The van der Waals surface area contributed by atoms with Crippen LogP contribution >= 0.6 is 0 Å². The van der Waals surface area contributed by atoms with Gasteiger partial charge in [-0.25, -0.2) is 0 Å². The molecule has 0 radical (unpaired) electrons. The first-order valence-electron chi connectivity index (χ1n) is 6.89. The Hall–Kier alpha value is -0.590. The van der Waals surface area contributed by atoms with Crippen LogP contribution in [-0.2, 0) is 0 Å². The molecule has 0 aromatic heterocycles.